The highest BCUT2D eigenvalue weighted by atomic mass is 15.3. The molecule has 2 rings (SSSR count). The summed E-state index contributed by atoms with van der Waals surface area (Å²) in [5.41, 5.74) is 1.01. The van der Waals surface area contributed by atoms with Gasteiger partial charge in [-0.05, 0) is 24.5 Å². The van der Waals surface area contributed by atoms with Crippen LogP contribution in [0.4, 0.5) is 5.82 Å². The van der Waals surface area contributed by atoms with Crippen molar-refractivity contribution in [2.75, 3.05) is 18.0 Å². The Balaban J connectivity index is 1.93. The minimum Gasteiger partial charge on any atom is -0.355 e. The van der Waals surface area contributed by atoms with Gasteiger partial charge in [-0.1, -0.05) is 20.8 Å². The minimum absolute atomic E-state index is 0.482. The highest BCUT2D eigenvalue weighted by molar-refractivity contribution is 5.38. The van der Waals surface area contributed by atoms with Crippen molar-refractivity contribution < 1.29 is 0 Å². The molecule has 1 aliphatic rings. The summed E-state index contributed by atoms with van der Waals surface area (Å²) < 4.78 is 0. The zero-order valence-corrected chi connectivity index (χ0v) is 11.0. The molecular formula is C13H22N4. The molecule has 1 fully saturated rings. The minimum atomic E-state index is 0.482. The van der Waals surface area contributed by atoms with E-state index in [2.05, 4.69) is 53.3 Å². The van der Waals surface area contributed by atoms with Crippen molar-refractivity contribution in [1.82, 2.24) is 15.5 Å². The quantitative estimate of drug-likeness (QED) is 0.863. The molecule has 1 unspecified atom stereocenters. The molecule has 1 saturated heterocycles. The summed E-state index contributed by atoms with van der Waals surface area (Å²) in [5.74, 6) is 1.79. The zero-order chi connectivity index (χ0) is 12.3. The van der Waals surface area contributed by atoms with Gasteiger partial charge in [0.1, 0.15) is 0 Å². The lowest BCUT2D eigenvalue weighted by atomic mass is 10.2. The smallest absolute Gasteiger partial charge is 0.151 e. The summed E-state index contributed by atoms with van der Waals surface area (Å²) in [6.07, 6.45) is 1.26. The predicted octanol–water partition coefficient (Wildman–Crippen LogP) is 1.82. The monoisotopic (exact) mass is 234 g/mol. The SMILES string of the molecule is CC1CCN(c2ccc(CNC(C)C)nn2)C1. The fourth-order valence-electron chi connectivity index (χ4n) is 2.07. The van der Waals surface area contributed by atoms with Gasteiger partial charge >= 0.3 is 0 Å². The Morgan fingerprint density at radius 3 is 2.76 bits per heavy atom. The third-order valence-corrected chi connectivity index (χ3v) is 3.14. The third kappa shape index (κ3) is 3.40. The van der Waals surface area contributed by atoms with E-state index in [-0.39, 0.29) is 0 Å². The van der Waals surface area contributed by atoms with E-state index in [1.807, 2.05) is 0 Å². The molecule has 0 aliphatic carbocycles. The molecule has 4 heteroatoms. The Bertz CT molecular complexity index is 347. The molecule has 94 valence electrons. The van der Waals surface area contributed by atoms with Crippen LogP contribution in [0.25, 0.3) is 0 Å². The fraction of sp³-hybridized carbons (Fsp3) is 0.692. The number of nitrogens with zero attached hydrogens (tertiary/aromatic N) is 3. The Morgan fingerprint density at radius 1 is 1.41 bits per heavy atom. The lowest BCUT2D eigenvalue weighted by Gasteiger charge is -2.16. The highest BCUT2D eigenvalue weighted by Crippen LogP contribution is 2.20. The van der Waals surface area contributed by atoms with Crippen molar-refractivity contribution in [3.05, 3.63) is 17.8 Å². The van der Waals surface area contributed by atoms with Gasteiger partial charge in [0, 0.05) is 25.7 Å². The van der Waals surface area contributed by atoms with Gasteiger partial charge in [-0.3, -0.25) is 0 Å². The van der Waals surface area contributed by atoms with E-state index in [0.717, 1.165) is 37.1 Å². The summed E-state index contributed by atoms with van der Waals surface area (Å²) in [4.78, 5) is 2.32. The summed E-state index contributed by atoms with van der Waals surface area (Å²) in [7, 11) is 0. The molecule has 1 atom stereocenters. The average molecular weight is 234 g/mol. The van der Waals surface area contributed by atoms with Crippen LogP contribution in [-0.4, -0.2) is 29.3 Å². The van der Waals surface area contributed by atoms with E-state index in [9.17, 15) is 0 Å². The first kappa shape index (κ1) is 12.3. The summed E-state index contributed by atoms with van der Waals surface area (Å²) in [6.45, 7) is 9.56. The Morgan fingerprint density at radius 2 is 2.24 bits per heavy atom. The topological polar surface area (TPSA) is 41.0 Å². The second-order valence-electron chi connectivity index (χ2n) is 5.26. The average Bonchev–Trinajstić information content (AvgIpc) is 2.74. The van der Waals surface area contributed by atoms with Crippen LogP contribution in [0.15, 0.2) is 12.1 Å². The second kappa shape index (κ2) is 5.45. The lowest BCUT2D eigenvalue weighted by molar-refractivity contribution is 0.577. The van der Waals surface area contributed by atoms with Gasteiger partial charge in [0.25, 0.3) is 0 Å². The van der Waals surface area contributed by atoms with E-state index < -0.39 is 0 Å². The van der Waals surface area contributed by atoms with E-state index in [1.54, 1.807) is 0 Å². The molecule has 4 nitrogen and oxygen atoms in total. The normalized spacial score (nSPS) is 20.2. The molecule has 2 heterocycles. The van der Waals surface area contributed by atoms with Crippen molar-refractivity contribution in [3.8, 4) is 0 Å². The standard InChI is InChI=1S/C13H22N4/c1-10(2)14-8-12-4-5-13(16-15-12)17-7-6-11(3)9-17/h4-5,10-11,14H,6-9H2,1-3H3. The molecule has 0 bridgehead atoms. The fourth-order valence-corrected chi connectivity index (χ4v) is 2.07. The molecule has 0 saturated carbocycles. The number of aromatic nitrogens is 2. The lowest BCUT2D eigenvalue weighted by Crippen LogP contribution is -2.24. The van der Waals surface area contributed by atoms with Crippen LogP contribution < -0.4 is 10.2 Å². The van der Waals surface area contributed by atoms with Crippen LogP contribution in [0.5, 0.6) is 0 Å². The van der Waals surface area contributed by atoms with Crippen LogP contribution in [0, 0.1) is 5.92 Å². The van der Waals surface area contributed by atoms with E-state index >= 15 is 0 Å². The van der Waals surface area contributed by atoms with Gasteiger partial charge in [0.2, 0.25) is 0 Å². The van der Waals surface area contributed by atoms with Crippen LogP contribution in [-0.2, 0) is 6.54 Å². The van der Waals surface area contributed by atoms with E-state index in [1.165, 1.54) is 6.42 Å². The second-order valence-corrected chi connectivity index (χ2v) is 5.26. The summed E-state index contributed by atoms with van der Waals surface area (Å²) >= 11 is 0. The van der Waals surface area contributed by atoms with Gasteiger partial charge in [0.15, 0.2) is 5.82 Å². The molecule has 0 aromatic carbocycles. The van der Waals surface area contributed by atoms with Crippen molar-refractivity contribution in [2.24, 2.45) is 5.92 Å². The van der Waals surface area contributed by atoms with Crippen molar-refractivity contribution >= 4 is 5.82 Å². The zero-order valence-electron chi connectivity index (χ0n) is 11.0. The molecule has 17 heavy (non-hydrogen) atoms. The first-order chi connectivity index (χ1) is 8.15. The molecule has 1 aromatic heterocycles. The van der Waals surface area contributed by atoms with Gasteiger partial charge in [0.05, 0.1) is 5.69 Å². The molecule has 0 amide bonds. The number of rotatable bonds is 4. The molecular weight excluding hydrogens is 212 g/mol. The third-order valence-electron chi connectivity index (χ3n) is 3.14. The first-order valence-electron chi connectivity index (χ1n) is 6.46. The number of hydrogen-bond acceptors (Lipinski definition) is 4. The van der Waals surface area contributed by atoms with Crippen LogP contribution in [0.2, 0.25) is 0 Å². The molecule has 1 aromatic rings. The molecule has 1 aliphatic heterocycles. The largest absolute Gasteiger partial charge is 0.355 e. The Kier molecular flexibility index (Phi) is 3.94. The van der Waals surface area contributed by atoms with Gasteiger partial charge in [-0.15, -0.1) is 5.10 Å². The van der Waals surface area contributed by atoms with Crippen LogP contribution in [0.3, 0.4) is 0 Å². The van der Waals surface area contributed by atoms with E-state index in [0.29, 0.717) is 6.04 Å². The highest BCUT2D eigenvalue weighted by Gasteiger charge is 2.19. The first-order valence-corrected chi connectivity index (χ1v) is 6.46. The molecule has 0 radical (unpaired) electrons. The predicted molar refractivity (Wildman–Crippen MR) is 70.0 cm³/mol. The number of hydrogen-bond donors (Lipinski definition) is 1. The molecule has 1 N–H and O–H groups in total. The summed E-state index contributed by atoms with van der Waals surface area (Å²) in [5, 5.41) is 11.9. The maximum Gasteiger partial charge on any atom is 0.151 e. The maximum absolute atomic E-state index is 4.31. The summed E-state index contributed by atoms with van der Waals surface area (Å²) in [6, 6.07) is 4.64. The molecule has 0 spiro atoms. The van der Waals surface area contributed by atoms with Gasteiger partial charge in [-0.25, -0.2) is 0 Å². The number of nitrogens with one attached hydrogen (secondary N) is 1. The van der Waals surface area contributed by atoms with E-state index in [4.69, 9.17) is 0 Å². The van der Waals surface area contributed by atoms with Crippen molar-refractivity contribution in [2.45, 2.75) is 39.8 Å². The van der Waals surface area contributed by atoms with Gasteiger partial charge in [-0.2, -0.15) is 5.10 Å². The van der Waals surface area contributed by atoms with Crippen LogP contribution in [0.1, 0.15) is 32.9 Å². The maximum atomic E-state index is 4.31. The van der Waals surface area contributed by atoms with Crippen LogP contribution >= 0.6 is 0 Å². The van der Waals surface area contributed by atoms with Gasteiger partial charge < -0.3 is 10.2 Å². The van der Waals surface area contributed by atoms with Crippen molar-refractivity contribution in [3.63, 3.8) is 0 Å². The Labute approximate surface area is 103 Å². The number of anilines is 1. The van der Waals surface area contributed by atoms with Crippen molar-refractivity contribution in [1.29, 1.82) is 0 Å². The Hall–Kier alpha value is -1.16.